The Bertz CT molecular complexity index is 583. The number of aryl methyl sites for hydroxylation is 1. The van der Waals surface area contributed by atoms with Crippen LogP contribution in [0.25, 0.3) is 0 Å². The number of anilines is 1. The SMILES string of the molecule is CCCn1nccc1NC(=O)CSc1ccccc1O. The smallest absolute Gasteiger partial charge is 0.235 e. The van der Waals surface area contributed by atoms with E-state index in [0.29, 0.717) is 10.7 Å². The van der Waals surface area contributed by atoms with E-state index < -0.39 is 0 Å². The number of aromatic hydroxyl groups is 1. The quantitative estimate of drug-likeness (QED) is 0.803. The average Bonchev–Trinajstić information content (AvgIpc) is 2.86. The number of phenolic OH excluding ortho intramolecular Hbond substituents is 1. The van der Waals surface area contributed by atoms with Gasteiger partial charge in [-0.2, -0.15) is 5.10 Å². The molecule has 0 aliphatic rings. The number of hydrogen-bond donors (Lipinski definition) is 2. The van der Waals surface area contributed by atoms with Gasteiger partial charge in [0.25, 0.3) is 0 Å². The summed E-state index contributed by atoms with van der Waals surface area (Å²) >= 11 is 1.30. The Morgan fingerprint density at radius 1 is 1.40 bits per heavy atom. The van der Waals surface area contributed by atoms with Crippen molar-refractivity contribution in [1.29, 1.82) is 0 Å². The highest BCUT2D eigenvalue weighted by Gasteiger charge is 2.08. The molecule has 0 aliphatic heterocycles. The van der Waals surface area contributed by atoms with E-state index in [9.17, 15) is 9.90 Å². The lowest BCUT2D eigenvalue weighted by atomic mass is 10.3. The predicted molar refractivity (Wildman–Crippen MR) is 80.0 cm³/mol. The number of aromatic nitrogens is 2. The average molecular weight is 291 g/mol. The van der Waals surface area contributed by atoms with Gasteiger partial charge in [-0.25, -0.2) is 4.68 Å². The lowest BCUT2D eigenvalue weighted by molar-refractivity contribution is -0.113. The zero-order valence-electron chi connectivity index (χ0n) is 11.2. The first-order chi connectivity index (χ1) is 9.70. The van der Waals surface area contributed by atoms with Crippen LogP contribution in [0.3, 0.4) is 0 Å². The molecule has 0 radical (unpaired) electrons. The molecule has 0 saturated carbocycles. The van der Waals surface area contributed by atoms with Crippen LogP contribution >= 0.6 is 11.8 Å². The molecule has 1 amide bonds. The van der Waals surface area contributed by atoms with Crippen LogP contribution in [-0.2, 0) is 11.3 Å². The Balaban J connectivity index is 1.90. The van der Waals surface area contributed by atoms with E-state index in [0.717, 1.165) is 13.0 Å². The van der Waals surface area contributed by atoms with Crippen molar-refractivity contribution in [2.45, 2.75) is 24.8 Å². The molecule has 0 fully saturated rings. The number of carbonyl (C=O) groups excluding carboxylic acids is 1. The summed E-state index contributed by atoms with van der Waals surface area (Å²) in [7, 11) is 0. The van der Waals surface area contributed by atoms with Gasteiger partial charge in [0.2, 0.25) is 5.91 Å². The summed E-state index contributed by atoms with van der Waals surface area (Å²) in [6.07, 6.45) is 2.62. The fourth-order valence-corrected chi connectivity index (χ4v) is 2.48. The maximum absolute atomic E-state index is 11.9. The summed E-state index contributed by atoms with van der Waals surface area (Å²) in [5.41, 5.74) is 0. The minimum absolute atomic E-state index is 0.115. The number of carbonyl (C=O) groups is 1. The van der Waals surface area contributed by atoms with Crippen molar-refractivity contribution in [3.05, 3.63) is 36.5 Å². The number of hydrogen-bond acceptors (Lipinski definition) is 4. The van der Waals surface area contributed by atoms with Gasteiger partial charge < -0.3 is 10.4 Å². The maximum atomic E-state index is 11.9. The van der Waals surface area contributed by atoms with Crippen molar-refractivity contribution in [3.63, 3.8) is 0 Å². The fraction of sp³-hybridized carbons (Fsp3) is 0.286. The topological polar surface area (TPSA) is 67.2 Å². The predicted octanol–water partition coefficient (Wildman–Crippen LogP) is 2.73. The van der Waals surface area contributed by atoms with Gasteiger partial charge in [-0.05, 0) is 18.6 Å². The van der Waals surface area contributed by atoms with Crippen LogP contribution in [-0.4, -0.2) is 26.5 Å². The third kappa shape index (κ3) is 3.77. The molecule has 0 unspecified atom stereocenters. The minimum atomic E-state index is -0.115. The molecule has 0 atom stereocenters. The van der Waals surface area contributed by atoms with Gasteiger partial charge in [0, 0.05) is 17.5 Å². The third-order valence-electron chi connectivity index (χ3n) is 2.64. The van der Waals surface area contributed by atoms with E-state index in [-0.39, 0.29) is 17.4 Å². The molecule has 2 rings (SSSR count). The van der Waals surface area contributed by atoms with Gasteiger partial charge in [0.05, 0.1) is 11.9 Å². The molecular formula is C14H17N3O2S. The Hall–Kier alpha value is -1.95. The number of benzene rings is 1. The van der Waals surface area contributed by atoms with Gasteiger partial charge in [-0.1, -0.05) is 19.1 Å². The molecule has 1 aromatic carbocycles. The Labute approximate surface area is 122 Å². The molecule has 2 N–H and O–H groups in total. The Kier molecular flexibility index (Phi) is 5.06. The standard InChI is InChI=1S/C14H17N3O2S/c1-2-9-17-13(7-8-15-17)16-14(19)10-20-12-6-4-3-5-11(12)18/h3-8,18H,2,9-10H2,1H3,(H,16,19). The summed E-state index contributed by atoms with van der Waals surface area (Å²) in [6, 6.07) is 8.75. The van der Waals surface area contributed by atoms with Crippen molar-refractivity contribution in [2.24, 2.45) is 0 Å². The van der Waals surface area contributed by atoms with Crippen molar-refractivity contribution in [3.8, 4) is 5.75 Å². The van der Waals surface area contributed by atoms with Crippen LogP contribution in [0.5, 0.6) is 5.75 Å². The van der Waals surface area contributed by atoms with Crippen LogP contribution in [0.1, 0.15) is 13.3 Å². The highest BCUT2D eigenvalue weighted by Crippen LogP contribution is 2.27. The van der Waals surface area contributed by atoms with Crippen LogP contribution < -0.4 is 5.32 Å². The largest absolute Gasteiger partial charge is 0.507 e. The molecule has 5 nitrogen and oxygen atoms in total. The number of nitrogens with zero attached hydrogens (tertiary/aromatic N) is 2. The number of thioether (sulfide) groups is 1. The van der Waals surface area contributed by atoms with E-state index in [1.54, 1.807) is 35.1 Å². The molecule has 0 bridgehead atoms. The lowest BCUT2D eigenvalue weighted by Crippen LogP contribution is -2.17. The van der Waals surface area contributed by atoms with E-state index in [1.165, 1.54) is 11.8 Å². The number of nitrogens with one attached hydrogen (secondary N) is 1. The summed E-state index contributed by atoms with van der Waals surface area (Å²) in [5, 5.41) is 16.6. The molecule has 0 spiro atoms. The van der Waals surface area contributed by atoms with Gasteiger partial charge >= 0.3 is 0 Å². The van der Waals surface area contributed by atoms with Crippen molar-refractivity contribution >= 4 is 23.5 Å². The minimum Gasteiger partial charge on any atom is -0.507 e. The highest BCUT2D eigenvalue weighted by atomic mass is 32.2. The number of amides is 1. The van der Waals surface area contributed by atoms with Crippen LogP contribution in [0, 0.1) is 0 Å². The van der Waals surface area contributed by atoms with E-state index in [2.05, 4.69) is 17.3 Å². The first-order valence-corrected chi connectivity index (χ1v) is 7.41. The van der Waals surface area contributed by atoms with Gasteiger partial charge in [-0.3, -0.25) is 4.79 Å². The zero-order valence-corrected chi connectivity index (χ0v) is 12.1. The number of rotatable bonds is 6. The molecule has 0 aliphatic carbocycles. The normalized spacial score (nSPS) is 10.4. The Morgan fingerprint density at radius 3 is 2.95 bits per heavy atom. The molecule has 0 saturated heterocycles. The summed E-state index contributed by atoms with van der Waals surface area (Å²) in [4.78, 5) is 12.6. The second-order valence-corrected chi connectivity index (χ2v) is 5.26. The molecule has 2 aromatic rings. The maximum Gasteiger partial charge on any atom is 0.235 e. The molecular weight excluding hydrogens is 274 g/mol. The molecule has 106 valence electrons. The van der Waals surface area contributed by atoms with Crippen LogP contribution in [0.15, 0.2) is 41.4 Å². The van der Waals surface area contributed by atoms with Crippen molar-refractivity contribution in [1.82, 2.24) is 9.78 Å². The van der Waals surface area contributed by atoms with Crippen LogP contribution in [0.2, 0.25) is 0 Å². The Morgan fingerprint density at radius 2 is 2.20 bits per heavy atom. The lowest BCUT2D eigenvalue weighted by Gasteiger charge is -2.08. The van der Waals surface area contributed by atoms with E-state index >= 15 is 0 Å². The van der Waals surface area contributed by atoms with E-state index in [1.807, 2.05) is 6.07 Å². The highest BCUT2D eigenvalue weighted by molar-refractivity contribution is 8.00. The first kappa shape index (κ1) is 14.5. The summed E-state index contributed by atoms with van der Waals surface area (Å²) in [6.45, 7) is 2.83. The first-order valence-electron chi connectivity index (χ1n) is 6.43. The second-order valence-electron chi connectivity index (χ2n) is 4.24. The van der Waals surface area contributed by atoms with Gasteiger partial charge in [0.15, 0.2) is 0 Å². The zero-order chi connectivity index (χ0) is 14.4. The van der Waals surface area contributed by atoms with Gasteiger partial charge in [0.1, 0.15) is 11.6 Å². The number of para-hydroxylation sites is 1. The fourth-order valence-electron chi connectivity index (χ4n) is 1.73. The monoisotopic (exact) mass is 291 g/mol. The molecule has 6 heteroatoms. The van der Waals surface area contributed by atoms with Crippen molar-refractivity contribution in [2.75, 3.05) is 11.1 Å². The summed E-state index contributed by atoms with van der Waals surface area (Å²) in [5.74, 6) is 1.03. The molecule has 1 aromatic heterocycles. The summed E-state index contributed by atoms with van der Waals surface area (Å²) < 4.78 is 1.77. The van der Waals surface area contributed by atoms with Crippen LogP contribution in [0.4, 0.5) is 5.82 Å². The molecule has 20 heavy (non-hydrogen) atoms. The van der Waals surface area contributed by atoms with Gasteiger partial charge in [-0.15, -0.1) is 11.8 Å². The second kappa shape index (κ2) is 7.00. The van der Waals surface area contributed by atoms with E-state index in [4.69, 9.17) is 0 Å². The molecule has 1 heterocycles. The van der Waals surface area contributed by atoms with Crippen molar-refractivity contribution < 1.29 is 9.90 Å². The third-order valence-corrected chi connectivity index (χ3v) is 3.71. The number of phenols is 1.